The maximum absolute atomic E-state index is 12.0. The molecule has 0 amide bonds. The number of aryl methyl sites for hydroxylation is 1. The Kier molecular flexibility index (Phi) is 1.61. The Morgan fingerprint density at radius 2 is 2.30 bits per heavy atom. The minimum absolute atomic E-state index is 0.160. The molecule has 0 aliphatic rings. The third-order valence-electron chi connectivity index (χ3n) is 1.51. The summed E-state index contributed by atoms with van der Waals surface area (Å²) < 4.78 is 13.3. The van der Waals surface area contributed by atoms with Crippen LogP contribution in [-0.2, 0) is 13.7 Å². The van der Waals surface area contributed by atoms with Gasteiger partial charge in [0, 0.05) is 12.6 Å². The average molecular weight is 144 g/mol. The molecule has 0 aliphatic carbocycles. The lowest BCUT2D eigenvalue weighted by Crippen LogP contribution is -2.12. The maximum Gasteiger partial charge on any atom is 0.269 e. The quantitative estimate of drug-likeness (QED) is 0.612. The van der Waals surface area contributed by atoms with Gasteiger partial charge in [0.05, 0.1) is 5.69 Å². The molecule has 0 fully saturated rings. The number of rotatable bonds is 1. The number of halogens is 1. The predicted molar refractivity (Wildman–Crippen MR) is 35.6 cm³/mol. The summed E-state index contributed by atoms with van der Waals surface area (Å²) in [5.74, 6) is 0. The van der Waals surface area contributed by atoms with Crippen LogP contribution in [-0.4, -0.2) is 9.78 Å². The molecule has 0 bridgehead atoms. The van der Waals surface area contributed by atoms with Crippen molar-refractivity contribution in [3.8, 4) is 0 Å². The number of hydrogen-bond donors (Lipinski definition) is 1. The number of H-pyrrole nitrogens is 1. The van der Waals surface area contributed by atoms with Crippen LogP contribution >= 0.6 is 0 Å². The summed E-state index contributed by atoms with van der Waals surface area (Å²) in [5, 5.41) is 2.59. The van der Waals surface area contributed by atoms with Crippen LogP contribution in [0.15, 0.2) is 4.79 Å². The van der Waals surface area contributed by atoms with E-state index in [0.717, 1.165) is 0 Å². The largest absolute Gasteiger partial charge is 0.297 e. The lowest BCUT2D eigenvalue weighted by Gasteiger charge is -1.86. The Morgan fingerprint density at radius 3 is 2.50 bits per heavy atom. The molecule has 0 aliphatic heterocycles. The van der Waals surface area contributed by atoms with Gasteiger partial charge in [-0.15, -0.1) is 0 Å². The minimum atomic E-state index is -0.609. The van der Waals surface area contributed by atoms with E-state index < -0.39 is 6.67 Å². The number of nitrogens with one attached hydrogen (secondary N) is 1. The molecule has 56 valence electrons. The van der Waals surface area contributed by atoms with Crippen molar-refractivity contribution < 1.29 is 4.39 Å². The molecule has 0 aromatic carbocycles. The van der Waals surface area contributed by atoms with Crippen molar-refractivity contribution in [3.63, 3.8) is 0 Å². The molecule has 1 aromatic rings. The SMILES string of the molecule is Cc1c(CF)[nH]n(C)c1=O. The molecule has 0 unspecified atom stereocenters. The smallest absolute Gasteiger partial charge is 0.269 e. The second-order valence-electron chi connectivity index (χ2n) is 2.21. The Labute approximate surface area is 57.5 Å². The van der Waals surface area contributed by atoms with Gasteiger partial charge in [0.1, 0.15) is 6.67 Å². The first-order valence-electron chi connectivity index (χ1n) is 2.97. The van der Waals surface area contributed by atoms with Gasteiger partial charge >= 0.3 is 0 Å². The fraction of sp³-hybridized carbons (Fsp3) is 0.500. The fourth-order valence-electron chi connectivity index (χ4n) is 0.848. The molecule has 1 rings (SSSR count). The van der Waals surface area contributed by atoms with Gasteiger partial charge in [-0.1, -0.05) is 0 Å². The third kappa shape index (κ3) is 0.853. The van der Waals surface area contributed by atoms with Crippen LogP contribution in [0.5, 0.6) is 0 Å². The molecular weight excluding hydrogens is 135 g/mol. The van der Waals surface area contributed by atoms with E-state index in [1.807, 2.05) is 0 Å². The summed E-state index contributed by atoms with van der Waals surface area (Å²) >= 11 is 0. The van der Waals surface area contributed by atoms with E-state index in [1.54, 1.807) is 14.0 Å². The van der Waals surface area contributed by atoms with Crippen LogP contribution in [0.1, 0.15) is 11.3 Å². The van der Waals surface area contributed by atoms with Gasteiger partial charge in [0.2, 0.25) is 0 Å². The standard InChI is InChI=1S/C6H9FN2O/c1-4-5(3-7)8-9(2)6(4)10/h8H,3H2,1-2H3. The molecular formula is C6H9FN2O. The zero-order chi connectivity index (χ0) is 7.72. The number of hydrogen-bond acceptors (Lipinski definition) is 1. The van der Waals surface area contributed by atoms with Crippen molar-refractivity contribution in [1.29, 1.82) is 0 Å². The van der Waals surface area contributed by atoms with Crippen LogP contribution < -0.4 is 5.56 Å². The Bertz CT molecular complexity index is 286. The molecule has 1 heterocycles. The first-order valence-corrected chi connectivity index (χ1v) is 2.97. The monoisotopic (exact) mass is 144 g/mol. The molecule has 0 atom stereocenters. The van der Waals surface area contributed by atoms with Gasteiger partial charge in [-0.3, -0.25) is 14.6 Å². The topological polar surface area (TPSA) is 37.8 Å². The van der Waals surface area contributed by atoms with Crippen LogP contribution in [0.3, 0.4) is 0 Å². The van der Waals surface area contributed by atoms with Crippen molar-refractivity contribution in [2.45, 2.75) is 13.6 Å². The molecule has 10 heavy (non-hydrogen) atoms. The third-order valence-corrected chi connectivity index (χ3v) is 1.51. The average Bonchev–Trinajstić information content (AvgIpc) is 2.17. The van der Waals surface area contributed by atoms with E-state index in [2.05, 4.69) is 5.10 Å². The fourth-order valence-corrected chi connectivity index (χ4v) is 0.848. The second-order valence-corrected chi connectivity index (χ2v) is 2.21. The number of alkyl halides is 1. The molecule has 0 radical (unpaired) electrons. The van der Waals surface area contributed by atoms with Crippen molar-refractivity contribution in [2.75, 3.05) is 0 Å². The molecule has 4 heteroatoms. The zero-order valence-corrected chi connectivity index (χ0v) is 5.94. The number of aromatic nitrogens is 2. The summed E-state index contributed by atoms with van der Waals surface area (Å²) in [5.41, 5.74) is 0.671. The Balaban J connectivity index is 3.31. The van der Waals surface area contributed by atoms with Crippen molar-refractivity contribution in [3.05, 3.63) is 21.6 Å². The van der Waals surface area contributed by atoms with E-state index in [4.69, 9.17) is 0 Å². The maximum atomic E-state index is 12.0. The highest BCUT2D eigenvalue weighted by atomic mass is 19.1. The summed E-state index contributed by atoms with van der Waals surface area (Å²) in [4.78, 5) is 10.9. The van der Waals surface area contributed by atoms with Gasteiger partial charge in [0.25, 0.3) is 5.56 Å². The van der Waals surface area contributed by atoms with Gasteiger partial charge in [-0.2, -0.15) is 0 Å². The van der Waals surface area contributed by atoms with E-state index in [-0.39, 0.29) is 5.56 Å². The highest BCUT2D eigenvalue weighted by Crippen LogP contribution is 1.98. The lowest BCUT2D eigenvalue weighted by atomic mass is 10.3. The number of nitrogens with zero attached hydrogens (tertiary/aromatic N) is 1. The molecule has 1 aromatic heterocycles. The summed E-state index contributed by atoms with van der Waals surface area (Å²) in [6, 6.07) is 0. The predicted octanol–water partition coefficient (Wildman–Crippen LogP) is 0.491. The van der Waals surface area contributed by atoms with Crippen LogP contribution in [0.2, 0.25) is 0 Å². The Morgan fingerprint density at radius 1 is 1.70 bits per heavy atom. The van der Waals surface area contributed by atoms with Crippen molar-refractivity contribution in [2.24, 2.45) is 7.05 Å². The van der Waals surface area contributed by atoms with Crippen molar-refractivity contribution >= 4 is 0 Å². The Hall–Kier alpha value is -1.06. The van der Waals surface area contributed by atoms with Crippen LogP contribution in [0.4, 0.5) is 4.39 Å². The van der Waals surface area contributed by atoms with E-state index in [0.29, 0.717) is 11.3 Å². The summed E-state index contributed by atoms with van der Waals surface area (Å²) in [6.45, 7) is 0.996. The first kappa shape index (κ1) is 7.05. The molecule has 3 nitrogen and oxygen atoms in total. The van der Waals surface area contributed by atoms with Gasteiger partial charge < -0.3 is 0 Å². The molecule has 0 spiro atoms. The van der Waals surface area contributed by atoms with Crippen LogP contribution in [0.25, 0.3) is 0 Å². The van der Waals surface area contributed by atoms with E-state index in [9.17, 15) is 9.18 Å². The van der Waals surface area contributed by atoms with Gasteiger partial charge in [-0.25, -0.2) is 4.39 Å². The molecule has 0 saturated carbocycles. The summed E-state index contributed by atoms with van der Waals surface area (Å²) in [7, 11) is 1.56. The summed E-state index contributed by atoms with van der Waals surface area (Å²) in [6.07, 6.45) is 0. The van der Waals surface area contributed by atoms with Crippen LogP contribution in [0, 0.1) is 6.92 Å². The van der Waals surface area contributed by atoms with E-state index >= 15 is 0 Å². The highest BCUT2D eigenvalue weighted by Gasteiger charge is 2.05. The number of aromatic amines is 1. The van der Waals surface area contributed by atoms with E-state index in [1.165, 1.54) is 4.68 Å². The normalized spacial score (nSPS) is 10.3. The highest BCUT2D eigenvalue weighted by molar-refractivity contribution is 5.13. The first-order chi connectivity index (χ1) is 4.66. The lowest BCUT2D eigenvalue weighted by molar-refractivity contribution is 0.470. The molecule has 1 N–H and O–H groups in total. The van der Waals surface area contributed by atoms with Gasteiger partial charge in [0.15, 0.2) is 0 Å². The zero-order valence-electron chi connectivity index (χ0n) is 5.94. The minimum Gasteiger partial charge on any atom is -0.297 e. The van der Waals surface area contributed by atoms with Crippen molar-refractivity contribution in [1.82, 2.24) is 9.78 Å². The van der Waals surface area contributed by atoms with Gasteiger partial charge in [-0.05, 0) is 6.92 Å². The second kappa shape index (κ2) is 2.28. The molecule has 0 saturated heterocycles.